The van der Waals surface area contributed by atoms with Crippen molar-refractivity contribution >= 4 is 22.6 Å². The van der Waals surface area contributed by atoms with Gasteiger partial charge in [-0.25, -0.2) is 13.8 Å². The largest absolute Gasteiger partial charge is 0.481 e. The molecule has 40 heavy (non-hydrogen) atoms. The minimum Gasteiger partial charge on any atom is -0.481 e. The van der Waals surface area contributed by atoms with Crippen LogP contribution in [0.25, 0.3) is 16.6 Å². The number of carbonyl (C=O) groups is 1. The first-order valence-corrected chi connectivity index (χ1v) is 12.9. The summed E-state index contributed by atoms with van der Waals surface area (Å²) in [5.41, 5.74) is 1.16. The predicted octanol–water partition coefficient (Wildman–Crippen LogP) is 5.08. The number of fused-ring (bicyclic) bond motifs is 1. The number of aliphatic hydroxyl groups excluding tert-OH is 1. The maximum absolute atomic E-state index is 13.6. The number of hydrogen-bond donors (Lipinski definition) is 2. The highest BCUT2D eigenvalue weighted by atomic mass is 19.1. The van der Waals surface area contributed by atoms with Crippen LogP contribution in [0.15, 0.2) is 76.7 Å². The maximum atomic E-state index is 13.6. The number of rotatable bonds is 9. The van der Waals surface area contributed by atoms with E-state index in [1.54, 1.807) is 25.1 Å². The molecule has 0 saturated heterocycles. The second-order valence-corrected chi connectivity index (χ2v) is 10.1. The number of benzene rings is 3. The molecule has 2 heterocycles. The Kier molecular flexibility index (Phi) is 7.44. The molecule has 0 radical (unpaired) electrons. The fourth-order valence-corrected chi connectivity index (χ4v) is 4.85. The van der Waals surface area contributed by atoms with Crippen molar-refractivity contribution in [3.05, 3.63) is 106 Å². The number of aryl methyl sites for hydroxylation is 1. The lowest BCUT2D eigenvalue weighted by molar-refractivity contribution is -0.137. The second-order valence-electron chi connectivity index (χ2n) is 10.1. The van der Waals surface area contributed by atoms with Gasteiger partial charge in [-0.15, -0.1) is 0 Å². The number of oxime groups is 1. The van der Waals surface area contributed by atoms with Crippen LogP contribution in [0.4, 0.5) is 8.78 Å². The molecule has 0 amide bonds. The Balaban J connectivity index is 1.47. The minimum atomic E-state index is -1.09. The summed E-state index contributed by atoms with van der Waals surface area (Å²) in [6.07, 6.45) is 0.438. The van der Waals surface area contributed by atoms with Gasteiger partial charge in [-0.3, -0.25) is 14.2 Å². The lowest BCUT2D eigenvalue weighted by Crippen LogP contribution is -2.33. The van der Waals surface area contributed by atoms with E-state index in [2.05, 4.69) is 5.16 Å². The fourth-order valence-electron chi connectivity index (χ4n) is 4.85. The van der Waals surface area contributed by atoms with Gasteiger partial charge >= 0.3 is 5.97 Å². The van der Waals surface area contributed by atoms with Gasteiger partial charge in [0.25, 0.3) is 5.56 Å². The average Bonchev–Trinajstić information content (AvgIpc) is 3.35. The normalized spacial score (nSPS) is 17.4. The van der Waals surface area contributed by atoms with Crippen molar-refractivity contribution in [3.8, 4) is 5.69 Å². The number of carboxylic acid groups (broad SMARTS) is 1. The minimum absolute atomic E-state index is 0.000868. The zero-order chi connectivity index (χ0) is 28.4. The van der Waals surface area contributed by atoms with E-state index in [0.29, 0.717) is 58.5 Å². The summed E-state index contributed by atoms with van der Waals surface area (Å²) in [4.78, 5) is 35.0. The summed E-state index contributed by atoms with van der Waals surface area (Å²) in [6, 6.07) is 16.1. The van der Waals surface area contributed by atoms with E-state index in [1.807, 2.05) is 0 Å². The Morgan fingerprint density at radius 1 is 1.05 bits per heavy atom. The van der Waals surface area contributed by atoms with E-state index in [1.165, 1.54) is 53.1 Å². The molecule has 206 valence electrons. The summed E-state index contributed by atoms with van der Waals surface area (Å²) in [6.45, 7) is 1.72. The number of aliphatic carboxylic acids is 1. The molecule has 4 aromatic rings. The van der Waals surface area contributed by atoms with Crippen LogP contribution in [-0.4, -0.2) is 37.0 Å². The Hall–Kier alpha value is -4.44. The van der Waals surface area contributed by atoms with E-state index in [0.717, 1.165) is 0 Å². The number of hydrogen-bond acceptors (Lipinski definition) is 6. The quantitative estimate of drug-likeness (QED) is 0.283. The van der Waals surface area contributed by atoms with Crippen molar-refractivity contribution in [2.75, 3.05) is 0 Å². The first-order valence-electron chi connectivity index (χ1n) is 12.9. The van der Waals surface area contributed by atoms with Gasteiger partial charge in [-0.05, 0) is 73.9 Å². The lowest BCUT2D eigenvalue weighted by atomic mass is 9.87. The SMILES string of the molecule is C[C@@]1([C@H](O)c2ccc(F)cc2)CC(c2ccc3c(=O)n(-c4ccc(F)cc4)c(CCCCC(=O)O)nc3c2)=NO1. The fraction of sp³-hybridized carbons (Fsp3) is 0.267. The van der Waals surface area contributed by atoms with Crippen LogP contribution in [0.3, 0.4) is 0 Å². The van der Waals surface area contributed by atoms with Crippen molar-refractivity contribution in [1.29, 1.82) is 0 Å². The molecule has 2 N–H and O–H groups in total. The van der Waals surface area contributed by atoms with Crippen molar-refractivity contribution < 1.29 is 28.6 Å². The molecule has 8 nitrogen and oxygen atoms in total. The molecule has 0 aliphatic carbocycles. The van der Waals surface area contributed by atoms with Gasteiger partial charge in [-0.1, -0.05) is 23.4 Å². The molecule has 0 spiro atoms. The number of halogens is 2. The van der Waals surface area contributed by atoms with Crippen molar-refractivity contribution in [3.63, 3.8) is 0 Å². The molecule has 3 aromatic carbocycles. The first kappa shape index (κ1) is 27.1. The molecule has 5 rings (SSSR count). The predicted molar refractivity (Wildman–Crippen MR) is 144 cm³/mol. The zero-order valence-electron chi connectivity index (χ0n) is 21.7. The number of aliphatic hydroxyl groups is 1. The van der Waals surface area contributed by atoms with Crippen molar-refractivity contribution in [2.45, 2.75) is 50.7 Å². The molecule has 10 heteroatoms. The Morgan fingerprint density at radius 2 is 1.73 bits per heavy atom. The zero-order valence-corrected chi connectivity index (χ0v) is 21.7. The van der Waals surface area contributed by atoms with E-state index in [-0.39, 0.29) is 18.4 Å². The van der Waals surface area contributed by atoms with Crippen LogP contribution in [0.1, 0.15) is 55.7 Å². The third-order valence-corrected chi connectivity index (χ3v) is 7.04. The van der Waals surface area contributed by atoms with Gasteiger partial charge in [0.15, 0.2) is 5.60 Å². The van der Waals surface area contributed by atoms with Gasteiger partial charge in [0.05, 0.1) is 22.3 Å². The highest BCUT2D eigenvalue weighted by molar-refractivity contribution is 6.04. The summed E-state index contributed by atoms with van der Waals surface area (Å²) in [7, 11) is 0. The van der Waals surface area contributed by atoms with Crippen LogP contribution >= 0.6 is 0 Å². The lowest BCUT2D eigenvalue weighted by Gasteiger charge is -2.27. The standard InChI is InChI=1S/C30H27F2N3O5/c1-30(28(38)18-6-9-20(31)10-7-18)17-25(34-40-30)19-8-15-23-24(16-19)33-26(4-2-3-5-27(36)37)35(29(23)39)22-13-11-21(32)12-14-22/h6-16,28,38H,2-5,17H2,1H3,(H,36,37)/t28-,30+/m1/s1. The average molecular weight is 548 g/mol. The number of unbranched alkanes of at least 4 members (excludes halogenated alkanes) is 1. The number of aromatic nitrogens is 2. The summed E-state index contributed by atoms with van der Waals surface area (Å²) in [5.74, 6) is -1.32. The highest BCUT2D eigenvalue weighted by Crippen LogP contribution is 2.38. The Morgan fingerprint density at radius 3 is 2.40 bits per heavy atom. The molecule has 1 aromatic heterocycles. The van der Waals surface area contributed by atoms with Crippen LogP contribution < -0.4 is 5.56 Å². The molecule has 0 unspecified atom stereocenters. The molecule has 1 aliphatic heterocycles. The molecule has 0 fully saturated rings. The van der Waals surface area contributed by atoms with E-state index < -0.39 is 29.3 Å². The maximum Gasteiger partial charge on any atom is 0.303 e. The van der Waals surface area contributed by atoms with Gasteiger partial charge in [-0.2, -0.15) is 0 Å². The smallest absolute Gasteiger partial charge is 0.303 e. The molecule has 1 aliphatic rings. The summed E-state index contributed by atoms with van der Waals surface area (Å²) in [5, 5.41) is 24.5. The third-order valence-electron chi connectivity index (χ3n) is 7.04. The topological polar surface area (TPSA) is 114 Å². The summed E-state index contributed by atoms with van der Waals surface area (Å²) >= 11 is 0. The highest BCUT2D eigenvalue weighted by Gasteiger charge is 2.42. The Labute approximate surface area is 228 Å². The van der Waals surface area contributed by atoms with Crippen molar-refractivity contribution in [2.24, 2.45) is 5.16 Å². The van der Waals surface area contributed by atoms with Gasteiger partial charge in [0, 0.05) is 24.8 Å². The molecule has 0 saturated carbocycles. The van der Waals surface area contributed by atoms with E-state index in [9.17, 15) is 23.5 Å². The van der Waals surface area contributed by atoms with Gasteiger partial charge in [0.1, 0.15) is 23.6 Å². The molecular formula is C30H27F2N3O5. The van der Waals surface area contributed by atoms with E-state index in [4.69, 9.17) is 14.9 Å². The van der Waals surface area contributed by atoms with Crippen LogP contribution in [0, 0.1) is 11.6 Å². The first-order chi connectivity index (χ1) is 19.1. The molecule has 0 bridgehead atoms. The molecule has 2 atom stereocenters. The molecular weight excluding hydrogens is 520 g/mol. The second kappa shape index (κ2) is 11.0. The summed E-state index contributed by atoms with van der Waals surface area (Å²) < 4.78 is 28.3. The number of carboxylic acids is 1. The number of nitrogens with zero attached hydrogens (tertiary/aromatic N) is 3. The Bertz CT molecular complexity index is 1650. The monoisotopic (exact) mass is 547 g/mol. The van der Waals surface area contributed by atoms with Crippen LogP contribution in [-0.2, 0) is 16.1 Å². The van der Waals surface area contributed by atoms with Gasteiger partial charge < -0.3 is 15.1 Å². The van der Waals surface area contributed by atoms with Crippen LogP contribution in [0.5, 0.6) is 0 Å². The van der Waals surface area contributed by atoms with Crippen molar-refractivity contribution in [1.82, 2.24) is 9.55 Å². The van der Waals surface area contributed by atoms with E-state index >= 15 is 0 Å². The van der Waals surface area contributed by atoms with Crippen LogP contribution in [0.2, 0.25) is 0 Å². The van der Waals surface area contributed by atoms with Gasteiger partial charge in [0.2, 0.25) is 0 Å². The third kappa shape index (κ3) is 5.48.